The molecule has 12 N–H and O–H groups in total. The van der Waals surface area contributed by atoms with Gasteiger partial charge in [0.1, 0.15) is 23.7 Å². The number of carbonyl (C=O) groups is 8. The molecule has 45 heavy (non-hydrogen) atoms. The van der Waals surface area contributed by atoms with E-state index in [0.717, 1.165) is 0 Å². The molecule has 0 saturated heterocycles. The van der Waals surface area contributed by atoms with Crippen LogP contribution in [0.5, 0.6) is 0 Å². The zero-order chi connectivity index (χ0) is 34.7. The second-order valence-corrected chi connectivity index (χ2v) is 10.6. The first-order chi connectivity index (χ1) is 20.8. The van der Waals surface area contributed by atoms with Crippen molar-refractivity contribution in [1.82, 2.24) is 31.9 Å². The molecule has 0 aromatic rings. The standard InChI is InChI=1S/C24H41N9O11S/c1-24(2,3)44-23(43)33-14(11-45)19(39)30-9-16(35)28-8-15(34)29-10-17(36)31-13(7-18(37)38)20(40)32-12(21(41)42)5-4-6-27-22(25)26/h12-14,45H,4-11H2,1-3H3,(H,28,35)(H,29,34)(H,30,39)(H,31,36)(H,32,40)(H,33,43)(H,37,38)(H,41,42)(H4,25,26,27). The largest absolute Gasteiger partial charge is 0.481 e. The first kappa shape index (κ1) is 40.2. The summed E-state index contributed by atoms with van der Waals surface area (Å²) in [6.07, 6.45) is -1.69. The molecule has 3 atom stereocenters. The summed E-state index contributed by atoms with van der Waals surface area (Å²) in [6, 6.07) is -4.23. The number of nitrogens with one attached hydrogen (secondary N) is 6. The third-order valence-electron chi connectivity index (χ3n) is 5.10. The summed E-state index contributed by atoms with van der Waals surface area (Å²) >= 11 is 3.98. The molecule has 0 aliphatic carbocycles. The van der Waals surface area contributed by atoms with Gasteiger partial charge in [-0.15, -0.1) is 0 Å². The number of nitrogens with two attached hydrogens (primary N) is 2. The van der Waals surface area contributed by atoms with E-state index in [2.05, 4.69) is 49.5 Å². The van der Waals surface area contributed by atoms with Crippen molar-refractivity contribution in [3.05, 3.63) is 0 Å². The molecule has 0 heterocycles. The summed E-state index contributed by atoms with van der Waals surface area (Å²) in [5.41, 5.74) is 9.57. The zero-order valence-corrected chi connectivity index (χ0v) is 25.9. The number of carbonyl (C=O) groups excluding carboxylic acids is 6. The second-order valence-electron chi connectivity index (χ2n) is 10.2. The fourth-order valence-corrected chi connectivity index (χ4v) is 3.34. The number of ether oxygens (including phenoxy) is 1. The minimum Gasteiger partial charge on any atom is -0.481 e. The molecule has 0 aromatic heterocycles. The van der Waals surface area contributed by atoms with Gasteiger partial charge in [-0.3, -0.25) is 33.8 Å². The number of rotatable bonds is 19. The van der Waals surface area contributed by atoms with Crippen LogP contribution in [0.2, 0.25) is 0 Å². The van der Waals surface area contributed by atoms with E-state index in [-0.39, 0.29) is 31.1 Å². The predicted octanol–water partition coefficient (Wildman–Crippen LogP) is -4.26. The molecule has 0 aliphatic rings. The maximum absolute atomic E-state index is 12.5. The van der Waals surface area contributed by atoms with Crippen LogP contribution in [0, 0.1) is 0 Å². The van der Waals surface area contributed by atoms with Crippen LogP contribution in [0.4, 0.5) is 4.79 Å². The Balaban J connectivity index is 4.76. The molecular weight excluding hydrogens is 622 g/mol. The van der Waals surface area contributed by atoms with Gasteiger partial charge in [-0.25, -0.2) is 9.59 Å². The SMILES string of the molecule is CC(C)(C)OC(=O)NC(CS)C(=O)NCC(=O)NCC(=O)NCC(=O)NC(CC(=O)O)C(=O)NC(CCCN=C(N)N)C(=O)O. The molecule has 0 rings (SSSR count). The number of guanidine groups is 1. The highest BCUT2D eigenvalue weighted by Gasteiger charge is 2.28. The van der Waals surface area contributed by atoms with Crippen LogP contribution < -0.4 is 43.4 Å². The van der Waals surface area contributed by atoms with Crippen molar-refractivity contribution in [2.75, 3.05) is 31.9 Å². The molecule has 0 aromatic carbocycles. The van der Waals surface area contributed by atoms with Crippen molar-refractivity contribution in [3.8, 4) is 0 Å². The van der Waals surface area contributed by atoms with Gasteiger partial charge in [0.2, 0.25) is 29.5 Å². The number of aliphatic imine (C=N–C) groups is 1. The molecule has 21 heteroatoms. The Morgan fingerprint density at radius 1 is 0.778 bits per heavy atom. The van der Waals surface area contributed by atoms with Crippen LogP contribution in [0.25, 0.3) is 0 Å². The van der Waals surface area contributed by atoms with Crippen molar-refractivity contribution < 1.29 is 53.3 Å². The Bertz CT molecular complexity index is 1120. The number of hydrogen-bond donors (Lipinski definition) is 11. The Labute approximate surface area is 263 Å². The fraction of sp³-hybridized carbons (Fsp3) is 0.625. The monoisotopic (exact) mass is 663 g/mol. The van der Waals surface area contributed by atoms with Crippen molar-refractivity contribution in [2.24, 2.45) is 16.5 Å². The van der Waals surface area contributed by atoms with Gasteiger partial charge in [0.15, 0.2) is 5.96 Å². The van der Waals surface area contributed by atoms with Gasteiger partial charge in [0.25, 0.3) is 0 Å². The molecule has 0 saturated carbocycles. The van der Waals surface area contributed by atoms with Crippen molar-refractivity contribution in [1.29, 1.82) is 0 Å². The van der Waals surface area contributed by atoms with Crippen molar-refractivity contribution in [2.45, 2.75) is 63.8 Å². The van der Waals surface area contributed by atoms with E-state index in [1.165, 1.54) is 0 Å². The number of thiol groups is 1. The molecule has 20 nitrogen and oxygen atoms in total. The Morgan fingerprint density at radius 2 is 1.33 bits per heavy atom. The molecule has 0 aliphatic heterocycles. The highest BCUT2D eigenvalue weighted by molar-refractivity contribution is 7.80. The van der Waals surface area contributed by atoms with Crippen LogP contribution in [0.1, 0.15) is 40.0 Å². The molecule has 254 valence electrons. The normalized spacial score (nSPS) is 12.6. The Morgan fingerprint density at radius 3 is 1.82 bits per heavy atom. The van der Waals surface area contributed by atoms with Crippen LogP contribution in [0.3, 0.4) is 0 Å². The first-order valence-electron chi connectivity index (χ1n) is 13.4. The van der Waals surface area contributed by atoms with E-state index in [4.69, 9.17) is 21.3 Å². The number of carboxylic acid groups (broad SMARTS) is 2. The number of nitrogens with zero attached hydrogens (tertiary/aromatic N) is 1. The van der Waals surface area contributed by atoms with Gasteiger partial charge >= 0.3 is 18.0 Å². The lowest BCUT2D eigenvalue weighted by molar-refractivity contribution is -0.143. The summed E-state index contributed by atoms with van der Waals surface area (Å²) in [5.74, 6) is -7.67. The van der Waals surface area contributed by atoms with Gasteiger partial charge in [-0.1, -0.05) is 0 Å². The average molecular weight is 664 g/mol. The lowest BCUT2D eigenvalue weighted by atomic mass is 10.1. The molecular formula is C24H41N9O11S. The number of alkyl carbamates (subject to hydrolysis) is 1. The topological polar surface area (TPSA) is 323 Å². The number of carboxylic acids is 2. The van der Waals surface area contributed by atoms with Gasteiger partial charge in [0, 0.05) is 12.3 Å². The molecule has 0 spiro atoms. The maximum atomic E-state index is 12.5. The van der Waals surface area contributed by atoms with Gasteiger partial charge < -0.3 is 58.3 Å². The van der Waals surface area contributed by atoms with Crippen LogP contribution in [0.15, 0.2) is 4.99 Å². The molecule has 0 fully saturated rings. The lowest BCUT2D eigenvalue weighted by Crippen LogP contribution is -2.54. The Hall–Kier alpha value is -4.82. The molecule has 0 bridgehead atoms. The smallest absolute Gasteiger partial charge is 0.408 e. The summed E-state index contributed by atoms with van der Waals surface area (Å²) in [7, 11) is 0. The van der Waals surface area contributed by atoms with Crippen molar-refractivity contribution in [3.63, 3.8) is 0 Å². The van der Waals surface area contributed by atoms with Crippen molar-refractivity contribution >= 4 is 66.2 Å². The van der Waals surface area contributed by atoms with E-state index < -0.39 is 97.3 Å². The van der Waals surface area contributed by atoms with E-state index >= 15 is 0 Å². The summed E-state index contributed by atoms with van der Waals surface area (Å²) in [4.78, 5) is 99.3. The van der Waals surface area contributed by atoms with Crippen LogP contribution in [-0.4, -0.2) is 119 Å². The quantitative estimate of drug-likeness (QED) is 0.0270. The third kappa shape index (κ3) is 19.9. The average Bonchev–Trinajstić information content (AvgIpc) is 2.91. The highest BCUT2D eigenvalue weighted by Crippen LogP contribution is 2.07. The van der Waals surface area contributed by atoms with E-state index in [0.29, 0.717) is 0 Å². The van der Waals surface area contributed by atoms with E-state index in [1.807, 2.05) is 0 Å². The van der Waals surface area contributed by atoms with Crippen LogP contribution >= 0.6 is 12.6 Å². The summed E-state index contributed by atoms with van der Waals surface area (Å²) < 4.78 is 5.05. The first-order valence-corrected chi connectivity index (χ1v) is 14.0. The zero-order valence-electron chi connectivity index (χ0n) is 25.0. The molecule has 3 unspecified atom stereocenters. The molecule has 6 amide bonds. The van der Waals surface area contributed by atoms with Gasteiger partial charge in [-0.2, -0.15) is 12.6 Å². The molecule has 0 radical (unpaired) electrons. The third-order valence-corrected chi connectivity index (χ3v) is 5.46. The number of hydrogen-bond acceptors (Lipinski definition) is 11. The number of amides is 6. The second kappa shape index (κ2) is 20.2. The maximum Gasteiger partial charge on any atom is 0.408 e. The number of aliphatic carboxylic acids is 2. The van der Waals surface area contributed by atoms with Gasteiger partial charge in [0.05, 0.1) is 26.1 Å². The van der Waals surface area contributed by atoms with E-state index in [9.17, 15) is 43.5 Å². The summed E-state index contributed by atoms with van der Waals surface area (Å²) in [6.45, 7) is 3.06. The lowest BCUT2D eigenvalue weighted by Gasteiger charge is -2.22. The van der Waals surface area contributed by atoms with Crippen LogP contribution in [-0.2, 0) is 38.3 Å². The minimum absolute atomic E-state index is 0.0793. The fourth-order valence-electron chi connectivity index (χ4n) is 3.08. The predicted molar refractivity (Wildman–Crippen MR) is 160 cm³/mol. The van der Waals surface area contributed by atoms with E-state index in [1.54, 1.807) is 20.8 Å². The summed E-state index contributed by atoms with van der Waals surface area (Å²) in [5, 5.41) is 31.6. The highest BCUT2D eigenvalue weighted by atomic mass is 32.1. The minimum atomic E-state index is -1.68. The van der Waals surface area contributed by atoms with Gasteiger partial charge in [-0.05, 0) is 33.6 Å². The Kier molecular flexibility index (Phi) is 18.0.